The van der Waals surface area contributed by atoms with Gasteiger partial charge in [0.2, 0.25) is 0 Å². The van der Waals surface area contributed by atoms with E-state index in [1.807, 2.05) is 0 Å². The molecule has 1 radical (unpaired) electrons. The molecule has 0 fully saturated rings. The number of hydrogen-bond donors (Lipinski definition) is 2. The Morgan fingerprint density at radius 2 is 1.74 bits per heavy atom. The first-order chi connectivity index (χ1) is 9.08. The minimum absolute atomic E-state index is 0.0310. The Bertz CT molecular complexity index is 605. The van der Waals surface area contributed by atoms with Crippen molar-refractivity contribution in [3.05, 3.63) is 35.9 Å². The molecule has 0 aromatic heterocycles. The average molecular weight is 259 g/mol. The minimum Gasteiger partial charge on any atom is -0.508 e. The summed E-state index contributed by atoms with van der Waals surface area (Å²) < 4.78 is 10.3. The van der Waals surface area contributed by atoms with Crippen LogP contribution in [-0.2, 0) is 0 Å². The third kappa shape index (κ3) is 2.29. The first-order valence-electron chi connectivity index (χ1n) is 5.74. The summed E-state index contributed by atoms with van der Waals surface area (Å²) in [5, 5.41) is 19.6. The van der Waals surface area contributed by atoms with Crippen LogP contribution in [0.4, 0.5) is 0 Å². The molecule has 0 unspecified atom stereocenters. The molecule has 2 aromatic rings. The number of phenolic OH excluding ortho intramolecular Hbond substituents is 2. The Kier molecular flexibility index (Phi) is 3.51. The lowest BCUT2D eigenvalue weighted by Gasteiger charge is -2.11. The van der Waals surface area contributed by atoms with Crippen molar-refractivity contribution in [1.29, 1.82) is 0 Å². The molecule has 0 aliphatic rings. The fourth-order valence-corrected chi connectivity index (χ4v) is 1.84. The molecule has 4 nitrogen and oxygen atoms in total. The van der Waals surface area contributed by atoms with E-state index < -0.39 is 0 Å². The van der Waals surface area contributed by atoms with Crippen molar-refractivity contribution in [3.63, 3.8) is 0 Å². The first kappa shape index (κ1) is 13.1. The van der Waals surface area contributed by atoms with E-state index >= 15 is 0 Å². The van der Waals surface area contributed by atoms with Crippen molar-refractivity contribution in [3.8, 4) is 34.1 Å². The predicted molar refractivity (Wildman–Crippen MR) is 71.9 cm³/mol. The zero-order chi connectivity index (χ0) is 14.0. The molecule has 0 saturated heterocycles. The topological polar surface area (TPSA) is 58.9 Å². The largest absolute Gasteiger partial charge is 0.508 e. The molecule has 0 aliphatic heterocycles. The summed E-state index contributed by atoms with van der Waals surface area (Å²) in [6, 6.07) is 9.71. The van der Waals surface area contributed by atoms with Crippen LogP contribution in [-0.4, -0.2) is 24.4 Å². The van der Waals surface area contributed by atoms with Gasteiger partial charge in [-0.2, -0.15) is 0 Å². The van der Waals surface area contributed by atoms with E-state index in [1.165, 1.54) is 13.2 Å². The van der Waals surface area contributed by atoms with Gasteiger partial charge in [-0.1, -0.05) is 0 Å². The van der Waals surface area contributed by atoms with Gasteiger partial charge < -0.3 is 19.7 Å². The van der Waals surface area contributed by atoms with Crippen molar-refractivity contribution in [2.24, 2.45) is 0 Å². The third-order valence-electron chi connectivity index (χ3n) is 2.99. The Morgan fingerprint density at radius 1 is 1.00 bits per heavy atom. The van der Waals surface area contributed by atoms with Gasteiger partial charge in [0, 0.05) is 17.2 Å². The van der Waals surface area contributed by atoms with Gasteiger partial charge in [-0.3, -0.25) is 0 Å². The van der Waals surface area contributed by atoms with Crippen LogP contribution in [0.1, 0.15) is 5.56 Å². The lowest BCUT2D eigenvalue weighted by Crippen LogP contribution is -1.92. The number of aromatic hydroxyl groups is 2. The lowest BCUT2D eigenvalue weighted by atomic mass is 10.0. The summed E-state index contributed by atoms with van der Waals surface area (Å²) in [7, 11) is 3.08. The molecule has 99 valence electrons. The van der Waals surface area contributed by atoms with Crippen LogP contribution in [0.2, 0.25) is 0 Å². The van der Waals surface area contributed by atoms with Gasteiger partial charge in [0.1, 0.15) is 11.5 Å². The normalized spacial score (nSPS) is 10.3. The minimum atomic E-state index is 0.0310. The molecule has 0 aliphatic carbocycles. The quantitative estimate of drug-likeness (QED) is 0.889. The molecule has 2 N–H and O–H groups in total. The van der Waals surface area contributed by atoms with E-state index in [0.29, 0.717) is 28.2 Å². The summed E-state index contributed by atoms with van der Waals surface area (Å²) in [4.78, 5) is 0. The fourth-order valence-electron chi connectivity index (χ4n) is 1.84. The maximum atomic E-state index is 10.1. The van der Waals surface area contributed by atoms with Crippen molar-refractivity contribution in [2.45, 2.75) is 6.92 Å². The van der Waals surface area contributed by atoms with E-state index in [1.54, 1.807) is 32.2 Å². The fraction of sp³-hybridized carbons (Fsp3) is 0.200. The van der Waals surface area contributed by atoms with Crippen LogP contribution < -0.4 is 9.47 Å². The summed E-state index contributed by atoms with van der Waals surface area (Å²) in [5.41, 5.74) is 1.68. The summed E-state index contributed by atoms with van der Waals surface area (Å²) >= 11 is 0. The highest BCUT2D eigenvalue weighted by Gasteiger charge is 2.13. The number of rotatable bonds is 3. The average Bonchev–Trinajstić information content (AvgIpc) is 2.44. The highest BCUT2D eigenvalue weighted by Crippen LogP contribution is 2.39. The van der Waals surface area contributed by atoms with Gasteiger partial charge in [0.25, 0.3) is 0 Å². The maximum absolute atomic E-state index is 10.1. The van der Waals surface area contributed by atoms with Crippen molar-refractivity contribution in [1.82, 2.24) is 0 Å². The molecule has 4 heteroatoms. The molecule has 0 heterocycles. The standard InChI is InChI=1S/C15H15O4/c1-9-12(16)6-5-11(15(9)17)10-4-7-13(18-2)14(8-10)19-3/h4-7,16-17H,1-3H3. The number of ether oxygens (including phenoxy) is 2. The van der Waals surface area contributed by atoms with Crippen LogP contribution in [0.3, 0.4) is 0 Å². The van der Waals surface area contributed by atoms with E-state index in [0.717, 1.165) is 0 Å². The molecule has 0 spiro atoms. The van der Waals surface area contributed by atoms with E-state index in [9.17, 15) is 10.2 Å². The lowest BCUT2D eigenvalue weighted by molar-refractivity contribution is 0.354. The second-order valence-corrected chi connectivity index (χ2v) is 4.08. The van der Waals surface area contributed by atoms with Gasteiger partial charge in [-0.25, -0.2) is 0 Å². The van der Waals surface area contributed by atoms with E-state index in [4.69, 9.17) is 9.47 Å². The molecular weight excluding hydrogens is 244 g/mol. The summed E-state index contributed by atoms with van der Waals surface area (Å²) in [6.45, 7) is 1.65. The molecule has 0 saturated carbocycles. The second kappa shape index (κ2) is 5.10. The zero-order valence-electron chi connectivity index (χ0n) is 11.0. The van der Waals surface area contributed by atoms with Crippen molar-refractivity contribution in [2.75, 3.05) is 14.2 Å². The monoisotopic (exact) mass is 259 g/mol. The smallest absolute Gasteiger partial charge is 0.169 e. The number of methoxy groups -OCH3 is 2. The number of benzene rings is 2. The van der Waals surface area contributed by atoms with Crippen LogP contribution >= 0.6 is 0 Å². The molecule has 2 aromatic carbocycles. The highest BCUT2D eigenvalue weighted by molar-refractivity contribution is 5.74. The third-order valence-corrected chi connectivity index (χ3v) is 2.99. The van der Waals surface area contributed by atoms with Gasteiger partial charge >= 0.3 is 0 Å². The predicted octanol–water partition coefficient (Wildman–Crippen LogP) is 2.89. The Balaban J connectivity index is 2.56. The van der Waals surface area contributed by atoms with E-state index in [2.05, 4.69) is 6.07 Å². The van der Waals surface area contributed by atoms with Crippen LogP contribution in [0, 0.1) is 13.0 Å². The second-order valence-electron chi connectivity index (χ2n) is 4.08. The maximum Gasteiger partial charge on any atom is 0.169 e. The van der Waals surface area contributed by atoms with E-state index in [-0.39, 0.29) is 11.5 Å². The summed E-state index contributed by atoms with van der Waals surface area (Å²) in [5.74, 6) is 1.12. The van der Waals surface area contributed by atoms with Crippen LogP contribution in [0.15, 0.2) is 24.3 Å². The van der Waals surface area contributed by atoms with Crippen molar-refractivity contribution >= 4 is 0 Å². The van der Waals surface area contributed by atoms with Crippen LogP contribution in [0.25, 0.3) is 11.1 Å². The Morgan fingerprint density at radius 3 is 2.37 bits per heavy atom. The van der Waals surface area contributed by atoms with Gasteiger partial charge in [0.15, 0.2) is 11.5 Å². The SMILES string of the molecule is COc1[c]c(-c2ccc(O)c(C)c2O)ccc1OC. The van der Waals surface area contributed by atoms with Crippen molar-refractivity contribution < 1.29 is 19.7 Å². The number of hydrogen-bond acceptors (Lipinski definition) is 4. The molecule has 19 heavy (non-hydrogen) atoms. The van der Waals surface area contributed by atoms with Gasteiger partial charge in [-0.05, 0) is 36.8 Å². The Labute approximate surface area is 111 Å². The summed E-state index contributed by atoms with van der Waals surface area (Å²) in [6.07, 6.45) is 0. The Hall–Kier alpha value is -2.36. The zero-order valence-corrected chi connectivity index (χ0v) is 11.0. The molecule has 0 amide bonds. The first-order valence-corrected chi connectivity index (χ1v) is 5.74. The van der Waals surface area contributed by atoms with Gasteiger partial charge in [0.05, 0.1) is 14.2 Å². The number of phenols is 2. The van der Waals surface area contributed by atoms with Gasteiger partial charge in [-0.15, -0.1) is 0 Å². The molecular formula is C15H15O4. The molecule has 2 rings (SSSR count). The molecule has 0 bridgehead atoms. The molecule has 0 atom stereocenters. The van der Waals surface area contributed by atoms with Crippen LogP contribution in [0.5, 0.6) is 23.0 Å². The highest BCUT2D eigenvalue weighted by atomic mass is 16.5.